The van der Waals surface area contributed by atoms with Crippen molar-refractivity contribution in [2.24, 2.45) is 16.6 Å². The van der Waals surface area contributed by atoms with E-state index in [2.05, 4.69) is 269 Å². The zero-order chi connectivity index (χ0) is 56.1. The van der Waals surface area contributed by atoms with Crippen molar-refractivity contribution in [1.82, 2.24) is 19.0 Å². The van der Waals surface area contributed by atoms with Crippen molar-refractivity contribution in [2.75, 3.05) is 4.90 Å². The van der Waals surface area contributed by atoms with Crippen molar-refractivity contribution in [3.8, 4) is 5.69 Å². The van der Waals surface area contributed by atoms with Gasteiger partial charge in [-0.1, -0.05) is 190 Å². The number of nitrogens with one attached hydrogen (secondary N) is 1. The Bertz CT molecular complexity index is 4420. The molecule has 7 heteroatoms. The second kappa shape index (κ2) is 23.3. The maximum atomic E-state index is 7.02. The van der Waals surface area contributed by atoms with E-state index in [4.69, 9.17) is 17.3 Å². The van der Waals surface area contributed by atoms with Crippen molar-refractivity contribution in [3.63, 3.8) is 0 Å². The molecule has 0 spiro atoms. The van der Waals surface area contributed by atoms with Gasteiger partial charge in [-0.25, -0.2) is 4.99 Å². The molecule has 12 rings (SSSR count). The van der Waals surface area contributed by atoms with Gasteiger partial charge in [-0.15, -0.1) is 6.58 Å². The highest BCUT2D eigenvalue weighted by Gasteiger charge is 2.25. The van der Waals surface area contributed by atoms with Crippen LogP contribution in [0.1, 0.15) is 45.1 Å². The molecule has 402 valence electrons. The largest absolute Gasteiger partial charge is 0.383 e. The second-order valence-electron chi connectivity index (χ2n) is 21.0. The summed E-state index contributed by atoms with van der Waals surface area (Å²) < 4.78 is 7.23. The monoisotopic (exact) mass is 1070 g/mol. The molecule has 3 aromatic heterocycles. The average Bonchev–Trinajstić information content (AvgIpc) is 4.29. The number of hydrogen-bond acceptors (Lipinski definition) is 3. The number of aromatic nitrogens is 3. The van der Waals surface area contributed by atoms with Crippen LogP contribution in [0.3, 0.4) is 0 Å². The third-order valence-electron chi connectivity index (χ3n) is 15.8. The summed E-state index contributed by atoms with van der Waals surface area (Å²) in [7, 11) is 0. The van der Waals surface area contributed by atoms with Gasteiger partial charge in [0.25, 0.3) is 0 Å². The molecule has 7 nitrogen and oxygen atoms in total. The highest BCUT2D eigenvalue weighted by Crippen LogP contribution is 2.42. The lowest BCUT2D eigenvalue weighted by molar-refractivity contribution is 0.557. The topological polar surface area (TPSA) is 68.4 Å². The average molecular weight is 1070 g/mol. The highest BCUT2D eigenvalue weighted by molar-refractivity contribution is 6.14. The lowest BCUT2D eigenvalue weighted by atomic mass is 10.0. The van der Waals surface area contributed by atoms with Crippen LogP contribution in [0.5, 0.6) is 0 Å². The first kappa shape index (κ1) is 52.6. The van der Waals surface area contributed by atoms with Gasteiger partial charge in [0.2, 0.25) is 0 Å². The zero-order valence-corrected chi connectivity index (χ0v) is 46.7. The van der Waals surface area contributed by atoms with Crippen LogP contribution in [0.15, 0.2) is 297 Å². The fourth-order valence-corrected chi connectivity index (χ4v) is 11.9. The van der Waals surface area contributed by atoms with Gasteiger partial charge in [0.1, 0.15) is 12.0 Å². The minimum atomic E-state index is -0.501. The third-order valence-corrected chi connectivity index (χ3v) is 15.8. The fourth-order valence-electron chi connectivity index (χ4n) is 11.9. The molecule has 2 atom stereocenters. The molecule has 0 bridgehead atoms. The number of hydrogen-bond donors (Lipinski definition) is 2. The van der Waals surface area contributed by atoms with Gasteiger partial charge in [0.15, 0.2) is 0 Å². The molecule has 8 aromatic carbocycles. The number of anilines is 2. The number of amidine groups is 1. The number of allylic oxidation sites excluding steroid dienone is 12. The Hall–Kier alpha value is -10.1. The summed E-state index contributed by atoms with van der Waals surface area (Å²) in [6.07, 6.45) is 24.0. The molecule has 3 heterocycles. The van der Waals surface area contributed by atoms with Crippen molar-refractivity contribution in [2.45, 2.75) is 45.7 Å². The van der Waals surface area contributed by atoms with E-state index in [9.17, 15) is 0 Å². The first-order valence-corrected chi connectivity index (χ1v) is 28.4. The normalized spacial score (nSPS) is 14.1. The predicted molar refractivity (Wildman–Crippen MR) is 352 cm³/mol. The molecular formula is C75H67N7. The highest BCUT2D eigenvalue weighted by atomic mass is 15.1. The molecule has 0 saturated carbocycles. The van der Waals surface area contributed by atoms with Crippen LogP contribution in [0.25, 0.3) is 82.5 Å². The van der Waals surface area contributed by atoms with E-state index < -0.39 is 6.17 Å². The summed E-state index contributed by atoms with van der Waals surface area (Å²) in [5, 5.41) is 11.0. The molecule has 0 amide bonds. The molecule has 0 aliphatic heterocycles. The van der Waals surface area contributed by atoms with Crippen molar-refractivity contribution < 1.29 is 0 Å². The Morgan fingerprint density at radius 3 is 1.87 bits per heavy atom. The van der Waals surface area contributed by atoms with E-state index in [1.165, 1.54) is 32.6 Å². The molecule has 0 saturated heterocycles. The molecule has 0 radical (unpaired) electrons. The lowest BCUT2D eigenvalue weighted by Crippen LogP contribution is -2.33. The Labute approximate surface area is 480 Å². The number of benzene rings is 8. The van der Waals surface area contributed by atoms with Gasteiger partial charge in [0.05, 0.1) is 33.1 Å². The summed E-state index contributed by atoms with van der Waals surface area (Å²) in [5.74, 6) is 0.249. The smallest absolute Gasteiger partial charge is 0.128 e. The molecule has 1 aliphatic rings. The van der Waals surface area contributed by atoms with Crippen LogP contribution in [0.4, 0.5) is 11.4 Å². The molecule has 0 fully saturated rings. The summed E-state index contributed by atoms with van der Waals surface area (Å²) in [6, 6.07) is 69.1. The molecule has 2 unspecified atom stereocenters. The van der Waals surface area contributed by atoms with E-state index in [0.717, 1.165) is 96.7 Å². The Morgan fingerprint density at radius 1 is 0.622 bits per heavy atom. The third kappa shape index (κ3) is 10.0. The fraction of sp³-hybridized carbons (Fsp3) is 0.107. The molecule has 1 aliphatic carbocycles. The standard InChI is InChI=1S/C75H67N7/c1-6-8-10-14-29-52(3)79(57-33-18-13-19-34-57)58-45-47-72-64(50-58)62-37-23-27-43-70(62)81(72)66(39-9-7-2)53(4)54(5)77-74(78-75(76)55-30-15-11-16-31-55)49-56-32-17-12-20-40-67(56)82-71-44-28-24-38-63(71)65-51-59(46-48-73(65)82)80-68-41-25-21-35-60(68)61-36-22-26-42-69(61)80/h6-7,9-11,13-28,30-48,50-51,53,74,77H,1,3,5,8,12,29,49H2,2,4H3,(H2,76,78)/b9-7-,14-10-,66-39+. The molecular weight excluding hydrogens is 999 g/mol. The lowest BCUT2D eigenvalue weighted by Gasteiger charge is -2.27. The molecule has 82 heavy (non-hydrogen) atoms. The predicted octanol–water partition coefficient (Wildman–Crippen LogP) is 18.9. The number of nitrogens with two attached hydrogens (primary N) is 1. The second-order valence-corrected chi connectivity index (χ2v) is 21.0. The van der Waals surface area contributed by atoms with Crippen LogP contribution < -0.4 is 16.0 Å². The quantitative estimate of drug-likeness (QED) is 0.0367. The van der Waals surface area contributed by atoms with E-state index >= 15 is 0 Å². The number of nitrogens with zero attached hydrogens (tertiary/aromatic N) is 5. The van der Waals surface area contributed by atoms with Gasteiger partial charge in [-0.3, -0.25) is 0 Å². The SMILES string of the molecule is C=CC/C=C\CC(=C)N(c1ccccc1)c1ccc2c(c1)c1ccccc1n2/C(=C/C=C\C)C(C)C(=C)NC(CC1=C(n2c3ccccc3c3cc(-n4c5ccccc5c5ccccc54)ccc32)C=CCC=C1)/N=C(\N)c1ccccc1. The number of rotatable bonds is 19. The number of fused-ring (bicyclic) bond motifs is 9. The summed E-state index contributed by atoms with van der Waals surface area (Å²) in [6.45, 7) is 17.6. The van der Waals surface area contributed by atoms with Crippen molar-refractivity contribution in [1.29, 1.82) is 0 Å². The van der Waals surface area contributed by atoms with Gasteiger partial charge in [-0.05, 0) is 110 Å². The maximum absolute atomic E-state index is 7.02. The Kier molecular flexibility index (Phi) is 14.9. The summed E-state index contributed by atoms with van der Waals surface area (Å²) in [5.41, 5.74) is 23.0. The Morgan fingerprint density at radius 2 is 1.18 bits per heavy atom. The number of aliphatic imine (C=N–C) groups is 1. The van der Waals surface area contributed by atoms with Gasteiger partial charge >= 0.3 is 0 Å². The number of para-hydroxylation sites is 5. The van der Waals surface area contributed by atoms with Crippen LogP contribution in [0, 0.1) is 5.92 Å². The summed E-state index contributed by atoms with van der Waals surface area (Å²) in [4.78, 5) is 7.62. The van der Waals surface area contributed by atoms with Crippen molar-refractivity contribution >= 4 is 94.0 Å². The molecule has 3 N–H and O–H groups in total. The van der Waals surface area contributed by atoms with Crippen LogP contribution in [0.2, 0.25) is 0 Å². The van der Waals surface area contributed by atoms with E-state index in [1.807, 2.05) is 36.4 Å². The van der Waals surface area contributed by atoms with Gasteiger partial charge < -0.3 is 29.7 Å². The minimum absolute atomic E-state index is 0.201. The van der Waals surface area contributed by atoms with Crippen molar-refractivity contribution in [3.05, 3.63) is 297 Å². The van der Waals surface area contributed by atoms with Crippen LogP contribution in [-0.2, 0) is 0 Å². The van der Waals surface area contributed by atoms with Gasteiger partial charge in [0, 0.05) is 96.5 Å². The first-order chi connectivity index (χ1) is 40.3. The van der Waals surface area contributed by atoms with Gasteiger partial charge in [-0.2, -0.15) is 0 Å². The van der Waals surface area contributed by atoms with E-state index in [-0.39, 0.29) is 5.92 Å². The first-order valence-electron chi connectivity index (χ1n) is 28.4. The van der Waals surface area contributed by atoms with Crippen LogP contribution >= 0.6 is 0 Å². The van der Waals surface area contributed by atoms with Crippen LogP contribution in [-0.4, -0.2) is 25.7 Å². The van der Waals surface area contributed by atoms with E-state index in [1.54, 1.807) is 0 Å². The van der Waals surface area contributed by atoms with E-state index in [0.29, 0.717) is 18.7 Å². The minimum Gasteiger partial charge on any atom is -0.383 e. The zero-order valence-electron chi connectivity index (χ0n) is 46.7. The Balaban J connectivity index is 0.939. The molecule has 11 aromatic rings. The maximum Gasteiger partial charge on any atom is 0.128 e. The summed E-state index contributed by atoms with van der Waals surface area (Å²) >= 11 is 0.